The van der Waals surface area contributed by atoms with Crippen molar-refractivity contribution in [1.82, 2.24) is 10.0 Å². The quantitative estimate of drug-likeness (QED) is 0.603. The van der Waals surface area contributed by atoms with Crippen molar-refractivity contribution in [3.63, 3.8) is 0 Å². The zero-order chi connectivity index (χ0) is 21.3. The predicted molar refractivity (Wildman–Crippen MR) is 117 cm³/mol. The number of carbonyl (C=O) groups excluding carboxylic acids is 1. The summed E-state index contributed by atoms with van der Waals surface area (Å²) in [6, 6.07) is 16.4. The van der Waals surface area contributed by atoms with Crippen LogP contribution in [0.25, 0.3) is 0 Å². The smallest absolute Gasteiger partial charge is 0.230 e. The topological polar surface area (TPSA) is 99.1 Å². The molecule has 0 unspecified atom stereocenters. The molecule has 0 spiro atoms. The van der Waals surface area contributed by atoms with Crippen molar-refractivity contribution < 1.29 is 13.2 Å². The Balaban J connectivity index is 1.73. The fourth-order valence-corrected chi connectivity index (χ4v) is 4.81. The fourth-order valence-electron chi connectivity index (χ4n) is 2.56. The number of thioether (sulfide) groups is 1. The number of nitrogens with zero attached hydrogens (tertiary/aromatic N) is 1. The minimum Gasteiger partial charge on any atom is -0.351 e. The molecule has 0 radical (unpaired) electrons. The fraction of sp³-hybridized carbons (Fsp3) is 0.333. The molecule has 0 saturated heterocycles. The average Bonchev–Trinajstić information content (AvgIpc) is 2.66. The molecular formula is C21H25N3O3S2. The van der Waals surface area contributed by atoms with E-state index in [2.05, 4.69) is 16.1 Å². The van der Waals surface area contributed by atoms with Crippen LogP contribution in [0.1, 0.15) is 36.1 Å². The Bertz CT molecular complexity index is 948. The Labute approximate surface area is 176 Å². The molecule has 2 N–H and O–H groups in total. The van der Waals surface area contributed by atoms with E-state index in [4.69, 9.17) is 5.26 Å². The molecule has 2 aromatic carbocycles. The van der Waals surface area contributed by atoms with Crippen molar-refractivity contribution in [2.24, 2.45) is 0 Å². The summed E-state index contributed by atoms with van der Waals surface area (Å²) in [6.45, 7) is 3.96. The van der Waals surface area contributed by atoms with Crippen molar-refractivity contribution in [3.8, 4) is 6.07 Å². The monoisotopic (exact) mass is 431 g/mol. The SMILES string of the molecule is CC(C)NS(=O)(=O)Cc1ccc(CNC(=O)CSCc2ccc(C#N)cc2)cc1. The molecule has 0 heterocycles. The third-order valence-corrected chi connectivity index (χ3v) is 6.42. The van der Waals surface area contributed by atoms with Crippen molar-refractivity contribution in [1.29, 1.82) is 5.26 Å². The highest BCUT2D eigenvalue weighted by molar-refractivity contribution is 7.99. The van der Waals surface area contributed by atoms with E-state index in [0.29, 0.717) is 29.2 Å². The summed E-state index contributed by atoms with van der Waals surface area (Å²) in [5, 5.41) is 11.7. The van der Waals surface area contributed by atoms with Gasteiger partial charge < -0.3 is 5.32 Å². The minimum atomic E-state index is -3.35. The van der Waals surface area contributed by atoms with Gasteiger partial charge >= 0.3 is 0 Å². The molecule has 8 heteroatoms. The number of benzene rings is 2. The highest BCUT2D eigenvalue weighted by Gasteiger charge is 2.12. The first-order valence-electron chi connectivity index (χ1n) is 9.19. The summed E-state index contributed by atoms with van der Waals surface area (Å²) >= 11 is 1.51. The van der Waals surface area contributed by atoms with Crippen molar-refractivity contribution >= 4 is 27.7 Å². The molecule has 1 amide bonds. The van der Waals surface area contributed by atoms with Crippen molar-refractivity contribution in [2.45, 2.75) is 37.9 Å². The van der Waals surface area contributed by atoms with Crippen LogP contribution in [0.2, 0.25) is 0 Å². The number of hydrogen-bond donors (Lipinski definition) is 2. The van der Waals surface area contributed by atoms with E-state index in [1.54, 1.807) is 38.1 Å². The van der Waals surface area contributed by atoms with E-state index in [9.17, 15) is 13.2 Å². The number of sulfonamides is 1. The molecule has 2 rings (SSSR count). The summed E-state index contributed by atoms with van der Waals surface area (Å²) in [6.07, 6.45) is 0. The van der Waals surface area contributed by atoms with Gasteiger partial charge in [0.05, 0.1) is 23.1 Å². The molecule has 0 fully saturated rings. The Morgan fingerprint density at radius 3 is 2.21 bits per heavy atom. The second kappa shape index (κ2) is 11.0. The van der Waals surface area contributed by atoms with Gasteiger partial charge in [0, 0.05) is 18.3 Å². The largest absolute Gasteiger partial charge is 0.351 e. The van der Waals surface area contributed by atoms with E-state index in [1.165, 1.54) is 11.8 Å². The van der Waals surface area contributed by atoms with Crippen LogP contribution in [0, 0.1) is 11.3 Å². The number of carbonyl (C=O) groups is 1. The van der Waals surface area contributed by atoms with E-state index in [0.717, 1.165) is 11.1 Å². The summed E-state index contributed by atoms with van der Waals surface area (Å²) < 4.78 is 26.5. The summed E-state index contributed by atoms with van der Waals surface area (Å²) in [4.78, 5) is 12.0. The first kappa shape index (κ1) is 22.9. The van der Waals surface area contributed by atoms with Crippen LogP contribution in [-0.2, 0) is 32.9 Å². The molecule has 2 aromatic rings. The number of rotatable bonds is 10. The summed E-state index contributed by atoms with van der Waals surface area (Å²) in [5.74, 6) is 0.921. The molecule has 0 atom stereocenters. The maximum absolute atomic E-state index is 12.0. The second-order valence-corrected chi connectivity index (χ2v) is 9.67. The highest BCUT2D eigenvalue weighted by atomic mass is 32.2. The first-order chi connectivity index (χ1) is 13.8. The number of amides is 1. The molecule has 29 heavy (non-hydrogen) atoms. The Morgan fingerprint density at radius 1 is 1.03 bits per heavy atom. The normalized spacial score (nSPS) is 11.2. The van der Waals surface area contributed by atoms with Gasteiger partial charge in [-0.25, -0.2) is 13.1 Å². The van der Waals surface area contributed by atoms with Crippen LogP contribution in [0.5, 0.6) is 0 Å². The molecule has 0 aliphatic heterocycles. The summed E-state index contributed by atoms with van der Waals surface area (Å²) in [7, 11) is -3.35. The van der Waals surface area contributed by atoms with E-state index >= 15 is 0 Å². The molecule has 0 bridgehead atoms. The van der Waals surface area contributed by atoms with Gasteiger partial charge in [-0.2, -0.15) is 5.26 Å². The molecule has 0 saturated carbocycles. The van der Waals surface area contributed by atoms with Gasteiger partial charge in [0.1, 0.15) is 0 Å². The van der Waals surface area contributed by atoms with Crippen LogP contribution in [0.4, 0.5) is 0 Å². The summed E-state index contributed by atoms with van der Waals surface area (Å²) in [5.41, 5.74) is 3.30. The maximum atomic E-state index is 12.0. The van der Waals surface area contributed by atoms with Crippen LogP contribution in [0.3, 0.4) is 0 Å². The molecule has 0 aliphatic rings. The average molecular weight is 432 g/mol. The third kappa shape index (κ3) is 8.69. The molecule has 6 nitrogen and oxygen atoms in total. The molecule has 0 aromatic heterocycles. The highest BCUT2D eigenvalue weighted by Crippen LogP contribution is 2.13. The van der Waals surface area contributed by atoms with Gasteiger partial charge in [0.2, 0.25) is 15.9 Å². The van der Waals surface area contributed by atoms with E-state index in [1.807, 2.05) is 24.3 Å². The lowest BCUT2D eigenvalue weighted by Crippen LogP contribution is -2.31. The Hall–Kier alpha value is -2.34. The van der Waals surface area contributed by atoms with Gasteiger partial charge in [-0.15, -0.1) is 11.8 Å². The van der Waals surface area contributed by atoms with E-state index < -0.39 is 10.0 Å². The lowest BCUT2D eigenvalue weighted by atomic mass is 10.1. The van der Waals surface area contributed by atoms with Gasteiger partial charge in [-0.3, -0.25) is 4.79 Å². The Kier molecular flexibility index (Phi) is 8.70. The molecular weight excluding hydrogens is 406 g/mol. The van der Waals surface area contributed by atoms with Crippen LogP contribution in [-0.4, -0.2) is 26.1 Å². The van der Waals surface area contributed by atoms with Gasteiger partial charge in [0.25, 0.3) is 0 Å². The lowest BCUT2D eigenvalue weighted by Gasteiger charge is -2.10. The van der Waals surface area contributed by atoms with Gasteiger partial charge in [0.15, 0.2) is 0 Å². The maximum Gasteiger partial charge on any atom is 0.230 e. The second-order valence-electron chi connectivity index (χ2n) is 6.93. The Morgan fingerprint density at radius 2 is 1.62 bits per heavy atom. The molecule has 0 aliphatic carbocycles. The standard InChI is InChI=1S/C21H25N3O3S2/c1-16(2)24-29(26,27)15-20-9-5-18(6-10-20)12-23-21(25)14-28-13-19-7-3-17(11-22)4-8-19/h3-10,16,24H,12-15H2,1-2H3,(H,23,25). The lowest BCUT2D eigenvalue weighted by molar-refractivity contribution is -0.118. The first-order valence-corrected chi connectivity index (χ1v) is 12.0. The van der Waals surface area contributed by atoms with Crippen LogP contribution < -0.4 is 10.0 Å². The van der Waals surface area contributed by atoms with Crippen LogP contribution in [0.15, 0.2) is 48.5 Å². The minimum absolute atomic E-state index is 0.0589. The third-order valence-electron chi connectivity index (χ3n) is 3.87. The van der Waals surface area contributed by atoms with Crippen LogP contribution >= 0.6 is 11.8 Å². The van der Waals surface area contributed by atoms with Crippen molar-refractivity contribution in [2.75, 3.05) is 5.75 Å². The number of nitrogens with one attached hydrogen (secondary N) is 2. The number of nitriles is 1. The zero-order valence-electron chi connectivity index (χ0n) is 16.5. The van der Waals surface area contributed by atoms with Gasteiger partial charge in [-0.1, -0.05) is 36.4 Å². The van der Waals surface area contributed by atoms with Crippen molar-refractivity contribution in [3.05, 3.63) is 70.8 Å². The predicted octanol–water partition coefficient (Wildman–Crippen LogP) is 2.94. The van der Waals surface area contributed by atoms with Gasteiger partial charge in [-0.05, 0) is 42.7 Å². The number of hydrogen-bond acceptors (Lipinski definition) is 5. The zero-order valence-corrected chi connectivity index (χ0v) is 18.1. The molecule has 154 valence electrons. The van der Waals surface area contributed by atoms with E-state index in [-0.39, 0.29) is 17.7 Å².